The molecule has 2 aromatic rings. The van der Waals surface area contributed by atoms with Gasteiger partial charge in [0.1, 0.15) is 18.4 Å². The average molecular weight is 356 g/mol. The molecule has 0 bridgehead atoms. The molecule has 0 atom stereocenters. The summed E-state index contributed by atoms with van der Waals surface area (Å²) in [6, 6.07) is 5.57. The molecule has 0 N–H and O–H groups in total. The zero-order valence-electron chi connectivity index (χ0n) is 10.8. The van der Waals surface area contributed by atoms with Crippen LogP contribution in [0.5, 0.6) is 11.5 Å². The predicted molar refractivity (Wildman–Crippen MR) is 80.5 cm³/mol. The number of nitrogens with zero attached hydrogens (tertiary/aromatic N) is 2. The molecule has 0 unspecified atom stereocenters. The fraction of sp³-hybridized carbons (Fsp3) is 0.286. The molecule has 0 saturated carbocycles. The number of hydrogen-bond acceptors (Lipinski definition) is 4. The van der Waals surface area contributed by atoms with Crippen molar-refractivity contribution < 1.29 is 9.47 Å². The van der Waals surface area contributed by atoms with Gasteiger partial charge in [-0.15, -0.1) is 0 Å². The summed E-state index contributed by atoms with van der Waals surface area (Å²) in [7, 11) is 0. The van der Waals surface area contributed by atoms with Crippen LogP contribution in [0, 0.1) is 0 Å². The third-order valence-electron chi connectivity index (χ3n) is 2.97. The number of rotatable bonds is 2. The Balaban J connectivity index is 2.10. The van der Waals surface area contributed by atoms with E-state index in [0.717, 1.165) is 27.9 Å². The van der Waals surface area contributed by atoms with Crippen LogP contribution in [-0.4, -0.2) is 23.2 Å². The highest BCUT2D eigenvalue weighted by atomic mass is 79.9. The van der Waals surface area contributed by atoms with Crippen molar-refractivity contribution in [2.24, 2.45) is 0 Å². The number of benzene rings is 1. The molecule has 3 rings (SSSR count). The summed E-state index contributed by atoms with van der Waals surface area (Å²) in [6.45, 7) is 3.13. The molecular formula is C14H12BrClN2O2. The van der Waals surface area contributed by atoms with Crippen molar-refractivity contribution in [3.8, 4) is 22.9 Å². The molecule has 104 valence electrons. The zero-order valence-corrected chi connectivity index (χ0v) is 13.2. The Morgan fingerprint density at radius 1 is 1.20 bits per heavy atom. The topological polar surface area (TPSA) is 44.2 Å². The lowest BCUT2D eigenvalue weighted by Crippen LogP contribution is -2.15. The summed E-state index contributed by atoms with van der Waals surface area (Å²) in [5.74, 6) is 2.01. The highest BCUT2D eigenvalue weighted by Crippen LogP contribution is 2.40. The first kappa shape index (κ1) is 13.6. The van der Waals surface area contributed by atoms with E-state index in [2.05, 4.69) is 25.9 Å². The monoisotopic (exact) mass is 354 g/mol. The average Bonchev–Trinajstić information content (AvgIpc) is 2.46. The molecule has 1 aliphatic heterocycles. The lowest BCUT2D eigenvalue weighted by atomic mass is 10.1. The molecule has 0 radical (unpaired) electrons. The Morgan fingerprint density at radius 2 is 2.00 bits per heavy atom. The molecule has 0 aliphatic carbocycles. The first-order chi connectivity index (χ1) is 9.67. The summed E-state index contributed by atoms with van der Waals surface area (Å²) < 4.78 is 12.0. The number of aryl methyl sites for hydroxylation is 1. The van der Waals surface area contributed by atoms with E-state index in [1.54, 1.807) is 6.07 Å². The van der Waals surface area contributed by atoms with Crippen molar-refractivity contribution in [3.63, 3.8) is 0 Å². The molecule has 0 amide bonds. The molecule has 20 heavy (non-hydrogen) atoms. The smallest absolute Gasteiger partial charge is 0.175 e. The fourth-order valence-corrected chi connectivity index (χ4v) is 2.78. The molecule has 1 aliphatic rings. The van der Waals surface area contributed by atoms with Crippen molar-refractivity contribution in [1.29, 1.82) is 0 Å². The Kier molecular flexibility index (Phi) is 3.81. The molecule has 1 aromatic heterocycles. The Morgan fingerprint density at radius 3 is 2.80 bits per heavy atom. The largest absolute Gasteiger partial charge is 0.486 e. The maximum absolute atomic E-state index is 6.04. The summed E-state index contributed by atoms with van der Waals surface area (Å²) in [6.07, 6.45) is 0.807. The third-order valence-corrected chi connectivity index (χ3v) is 3.75. The van der Waals surface area contributed by atoms with Crippen LogP contribution in [0.2, 0.25) is 5.15 Å². The number of aromatic nitrogens is 2. The van der Waals surface area contributed by atoms with Crippen LogP contribution in [0.25, 0.3) is 11.4 Å². The Hall–Kier alpha value is -1.33. The van der Waals surface area contributed by atoms with E-state index in [0.29, 0.717) is 29.9 Å². The van der Waals surface area contributed by atoms with Crippen molar-refractivity contribution in [2.45, 2.75) is 13.3 Å². The van der Waals surface area contributed by atoms with Crippen molar-refractivity contribution >= 4 is 27.5 Å². The number of fused-ring (bicyclic) bond motifs is 1. The SMILES string of the molecule is CCc1cc(Cl)nc(-c2cc(Br)c3c(c2)OCCO3)n1. The number of ether oxygens (including phenoxy) is 2. The quantitative estimate of drug-likeness (QED) is 0.767. The first-order valence-corrected chi connectivity index (χ1v) is 7.47. The molecule has 0 fully saturated rings. The van der Waals surface area contributed by atoms with Crippen molar-refractivity contribution in [2.75, 3.05) is 13.2 Å². The second-order valence-corrected chi connectivity index (χ2v) is 5.58. The van der Waals surface area contributed by atoms with Gasteiger partial charge in [0.05, 0.1) is 4.47 Å². The highest BCUT2D eigenvalue weighted by molar-refractivity contribution is 9.10. The molecule has 4 nitrogen and oxygen atoms in total. The van der Waals surface area contributed by atoms with Gasteiger partial charge < -0.3 is 9.47 Å². The van der Waals surface area contributed by atoms with Crippen molar-refractivity contribution in [1.82, 2.24) is 9.97 Å². The normalized spacial score (nSPS) is 13.3. The Bertz CT molecular complexity index is 664. The van der Waals surface area contributed by atoms with E-state index in [1.165, 1.54) is 0 Å². The van der Waals surface area contributed by atoms with Gasteiger partial charge in [0.15, 0.2) is 17.3 Å². The number of halogens is 2. The molecule has 1 aromatic carbocycles. The molecule has 2 heterocycles. The maximum Gasteiger partial charge on any atom is 0.175 e. The molecule has 0 saturated heterocycles. The minimum absolute atomic E-state index is 0.442. The standard InChI is InChI=1S/C14H12BrClN2O2/c1-2-9-7-12(16)18-14(17-9)8-5-10(15)13-11(6-8)19-3-4-20-13/h5-7H,2-4H2,1H3. The van der Waals surface area contributed by atoms with Gasteiger partial charge in [-0.2, -0.15) is 0 Å². The van der Waals surface area contributed by atoms with E-state index >= 15 is 0 Å². The summed E-state index contributed by atoms with van der Waals surface area (Å²) in [5.41, 5.74) is 1.75. The van der Waals surface area contributed by atoms with Crippen LogP contribution in [0.3, 0.4) is 0 Å². The van der Waals surface area contributed by atoms with Gasteiger partial charge in [0.25, 0.3) is 0 Å². The van der Waals surface area contributed by atoms with Gasteiger partial charge in [-0.25, -0.2) is 9.97 Å². The maximum atomic E-state index is 6.04. The third kappa shape index (κ3) is 2.60. The van der Waals surface area contributed by atoms with Gasteiger partial charge in [-0.05, 0) is 40.5 Å². The molecular weight excluding hydrogens is 344 g/mol. The van der Waals surface area contributed by atoms with Gasteiger partial charge in [0, 0.05) is 11.3 Å². The van der Waals surface area contributed by atoms with Crippen LogP contribution < -0.4 is 9.47 Å². The minimum Gasteiger partial charge on any atom is -0.486 e. The van der Waals surface area contributed by atoms with Crippen LogP contribution in [0.1, 0.15) is 12.6 Å². The lowest BCUT2D eigenvalue weighted by Gasteiger charge is -2.20. The van der Waals surface area contributed by atoms with Crippen LogP contribution in [0.15, 0.2) is 22.7 Å². The van der Waals surface area contributed by atoms with Gasteiger partial charge in [-0.1, -0.05) is 18.5 Å². The van der Waals surface area contributed by atoms with E-state index in [-0.39, 0.29) is 0 Å². The van der Waals surface area contributed by atoms with Gasteiger partial charge in [0.2, 0.25) is 0 Å². The fourth-order valence-electron chi connectivity index (χ4n) is 2.01. The minimum atomic E-state index is 0.442. The van der Waals surface area contributed by atoms with E-state index in [9.17, 15) is 0 Å². The summed E-state index contributed by atoms with van der Waals surface area (Å²) in [5, 5.41) is 0.442. The van der Waals surface area contributed by atoms with Crippen LogP contribution in [-0.2, 0) is 6.42 Å². The summed E-state index contributed by atoms with van der Waals surface area (Å²) >= 11 is 9.53. The molecule has 0 spiro atoms. The first-order valence-electron chi connectivity index (χ1n) is 6.30. The van der Waals surface area contributed by atoms with Crippen LogP contribution >= 0.6 is 27.5 Å². The highest BCUT2D eigenvalue weighted by Gasteiger charge is 2.18. The van der Waals surface area contributed by atoms with E-state index in [4.69, 9.17) is 21.1 Å². The predicted octanol–water partition coefficient (Wildman–Crippen LogP) is 3.89. The summed E-state index contributed by atoms with van der Waals surface area (Å²) in [4.78, 5) is 8.78. The second-order valence-electron chi connectivity index (χ2n) is 4.34. The zero-order chi connectivity index (χ0) is 14.1. The lowest BCUT2D eigenvalue weighted by molar-refractivity contribution is 0.170. The van der Waals surface area contributed by atoms with Gasteiger partial charge in [-0.3, -0.25) is 0 Å². The molecule has 6 heteroatoms. The van der Waals surface area contributed by atoms with Crippen molar-refractivity contribution in [3.05, 3.63) is 33.5 Å². The van der Waals surface area contributed by atoms with E-state index in [1.807, 2.05) is 19.1 Å². The Labute approximate surface area is 130 Å². The van der Waals surface area contributed by atoms with Crippen LogP contribution in [0.4, 0.5) is 0 Å². The second kappa shape index (κ2) is 5.58. The van der Waals surface area contributed by atoms with Gasteiger partial charge >= 0.3 is 0 Å². The van der Waals surface area contributed by atoms with E-state index < -0.39 is 0 Å². The number of hydrogen-bond donors (Lipinski definition) is 0.